The standard InChI is InChI=1S/C18H23N5/c1-15-7-3-4-8-16(15)20-18(21-17-9-5-6-10-19-17)23-13-11-22(2)12-14-23/h3-10H,11-14H2,1-2H3,(H,19,20,21). The van der Waals surface area contributed by atoms with Crippen molar-refractivity contribution in [2.75, 3.05) is 38.5 Å². The van der Waals surface area contributed by atoms with Crippen molar-refractivity contribution in [1.29, 1.82) is 0 Å². The van der Waals surface area contributed by atoms with E-state index in [1.165, 1.54) is 5.56 Å². The van der Waals surface area contributed by atoms with E-state index < -0.39 is 0 Å². The Kier molecular flexibility index (Phi) is 4.88. The Labute approximate surface area is 137 Å². The van der Waals surface area contributed by atoms with Crippen LogP contribution in [-0.4, -0.2) is 54.0 Å². The Morgan fingerprint density at radius 3 is 2.48 bits per heavy atom. The first-order valence-corrected chi connectivity index (χ1v) is 7.98. The Hall–Kier alpha value is -2.40. The van der Waals surface area contributed by atoms with E-state index in [1.807, 2.05) is 30.3 Å². The highest BCUT2D eigenvalue weighted by atomic mass is 15.3. The number of benzene rings is 1. The number of rotatable bonds is 2. The number of para-hydroxylation sites is 1. The molecule has 2 aromatic rings. The van der Waals surface area contributed by atoms with Crippen LogP contribution in [0.15, 0.2) is 53.7 Å². The largest absolute Gasteiger partial charge is 0.340 e. The number of aryl methyl sites for hydroxylation is 1. The van der Waals surface area contributed by atoms with Crippen LogP contribution in [0.4, 0.5) is 11.5 Å². The van der Waals surface area contributed by atoms with Crippen LogP contribution in [0.25, 0.3) is 0 Å². The van der Waals surface area contributed by atoms with E-state index >= 15 is 0 Å². The summed E-state index contributed by atoms with van der Waals surface area (Å²) >= 11 is 0. The first kappa shape index (κ1) is 15.5. The van der Waals surface area contributed by atoms with E-state index in [9.17, 15) is 0 Å². The fourth-order valence-corrected chi connectivity index (χ4v) is 2.56. The maximum atomic E-state index is 4.75. The number of hydrogen-bond acceptors (Lipinski definition) is 3. The molecule has 0 spiro atoms. The second-order valence-electron chi connectivity index (χ2n) is 5.85. The van der Waals surface area contributed by atoms with Crippen molar-refractivity contribution in [3.8, 4) is 0 Å². The molecule has 23 heavy (non-hydrogen) atoms. The number of aliphatic imine (C=N–C) groups is 1. The second kappa shape index (κ2) is 7.24. The Morgan fingerprint density at radius 2 is 1.78 bits per heavy atom. The quantitative estimate of drug-likeness (QED) is 0.684. The molecule has 0 aliphatic carbocycles. The van der Waals surface area contributed by atoms with Crippen LogP contribution in [-0.2, 0) is 0 Å². The number of guanidine groups is 1. The molecule has 1 aromatic heterocycles. The van der Waals surface area contributed by atoms with Crippen molar-refractivity contribution < 1.29 is 0 Å². The smallest absolute Gasteiger partial charge is 0.205 e. The molecule has 120 valence electrons. The molecule has 3 rings (SSSR count). The van der Waals surface area contributed by atoms with Gasteiger partial charge in [0.15, 0.2) is 5.82 Å². The highest BCUT2D eigenvalue weighted by molar-refractivity contribution is 5.95. The van der Waals surface area contributed by atoms with Gasteiger partial charge in [0.1, 0.15) is 0 Å². The topological polar surface area (TPSA) is 43.8 Å². The number of pyridine rings is 1. The van der Waals surface area contributed by atoms with Gasteiger partial charge in [-0.1, -0.05) is 24.3 Å². The van der Waals surface area contributed by atoms with Gasteiger partial charge in [0.2, 0.25) is 5.96 Å². The molecule has 5 heteroatoms. The van der Waals surface area contributed by atoms with Crippen LogP contribution in [0, 0.1) is 6.92 Å². The van der Waals surface area contributed by atoms with Crippen molar-refractivity contribution in [3.63, 3.8) is 0 Å². The zero-order valence-electron chi connectivity index (χ0n) is 13.7. The molecule has 0 bridgehead atoms. The van der Waals surface area contributed by atoms with E-state index in [2.05, 4.69) is 46.2 Å². The molecule has 5 nitrogen and oxygen atoms in total. The minimum Gasteiger partial charge on any atom is -0.340 e. The Morgan fingerprint density at radius 1 is 1.04 bits per heavy atom. The first-order chi connectivity index (χ1) is 11.2. The molecule has 0 amide bonds. The van der Waals surface area contributed by atoms with Gasteiger partial charge in [0.25, 0.3) is 0 Å². The zero-order valence-corrected chi connectivity index (χ0v) is 13.7. The van der Waals surface area contributed by atoms with Gasteiger partial charge in [-0.2, -0.15) is 4.99 Å². The monoisotopic (exact) mass is 309 g/mol. The van der Waals surface area contributed by atoms with Gasteiger partial charge < -0.3 is 15.1 Å². The Bertz CT molecular complexity index is 660. The highest BCUT2D eigenvalue weighted by Gasteiger charge is 2.18. The fourth-order valence-electron chi connectivity index (χ4n) is 2.56. The first-order valence-electron chi connectivity index (χ1n) is 7.98. The second-order valence-corrected chi connectivity index (χ2v) is 5.85. The molecule has 0 atom stereocenters. The average molecular weight is 309 g/mol. The summed E-state index contributed by atoms with van der Waals surface area (Å²) in [7, 11) is 2.15. The van der Waals surface area contributed by atoms with E-state index in [-0.39, 0.29) is 0 Å². The predicted octanol–water partition coefficient (Wildman–Crippen LogP) is 2.74. The van der Waals surface area contributed by atoms with Gasteiger partial charge in [0.05, 0.1) is 0 Å². The van der Waals surface area contributed by atoms with E-state index in [0.717, 1.165) is 43.6 Å². The van der Waals surface area contributed by atoms with Crippen LogP contribution >= 0.6 is 0 Å². The highest BCUT2D eigenvalue weighted by Crippen LogP contribution is 2.16. The average Bonchev–Trinajstić information content (AvgIpc) is 2.58. The summed E-state index contributed by atoms with van der Waals surface area (Å²) in [5, 5.41) is 3.50. The van der Waals surface area contributed by atoms with Gasteiger partial charge in [-0.3, -0.25) is 0 Å². The number of nitrogens with zero attached hydrogens (tertiary/aromatic N) is 4. The lowest BCUT2D eigenvalue weighted by atomic mass is 10.2. The number of aromatic nitrogens is 1. The molecular weight excluding hydrogens is 286 g/mol. The van der Waals surface area contributed by atoms with Crippen molar-refractivity contribution in [1.82, 2.24) is 14.8 Å². The van der Waals surface area contributed by atoms with Gasteiger partial charge in [-0.15, -0.1) is 0 Å². The molecule has 2 heterocycles. The number of hydrogen-bond donors (Lipinski definition) is 1. The van der Waals surface area contributed by atoms with Gasteiger partial charge in [0, 0.05) is 38.1 Å². The summed E-state index contributed by atoms with van der Waals surface area (Å²) in [6.45, 7) is 6.10. The predicted molar refractivity (Wildman–Crippen MR) is 95.2 cm³/mol. The van der Waals surface area contributed by atoms with Crippen LogP contribution < -0.4 is 5.32 Å². The van der Waals surface area contributed by atoms with Crippen molar-refractivity contribution in [2.24, 2.45) is 4.99 Å². The fraction of sp³-hybridized carbons (Fsp3) is 0.333. The summed E-state index contributed by atoms with van der Waals surface area (Å²) in [6.07, 6.45) is 1.77. The number of piperazine rings is 1. The summed E-state index contributed by atoms with van der Waals surface area (Å²) < 4.78 is 0. The lowest BCUT2D eigenvalue weighted by Gasteiger charge is -2.34. The molecule has 1 N–H and O–H groups in total. The summed E-state index contributed by atoms with van der Waals surface area (Å²) in [5.41, 5.74) is 2.29. The third kappa shape index (κ3) is 4.07. The molecule has 1 fully saturated rings. The van der Waals surface area contributed by atoms with E-state index in [4.69, 9.17) is 4.99 Å². The lowest BCUT2D eigenvalue weighted by Crippen LogP contribution is -2.49. The van der Waals surface area contributed by atoms with Crippen LogP contribution in [0.2, 0.25) is 0 Å². The summed E-state index contributed by atoms with van der Waals surface area (Å²) in [6, 6.07) is 14.1. The van der Waals surface area contributed by atoms with Gasteiger partial charge >= 0.3 is 0 Å². The normalized spacial score (nSPS) is 16.4. The minimum absolute atomic E-state index is 0.725. The van der Waals surface area contributed by atoms with Gasteiger partial charge in [-0.05, 0) is 37.7 Å². The van der Waals surface area contributed by atoms with Crippen molar-refractivity contribution >= 4 is 17.5 Å². The number of nitrogens with one attached hydrogen (secondary N) is 1. The molecule has 0 saturated carbocycles. The third-order valence-corrected chi connectivity index (χ3v) is 4.06. The van der Waals surface area contributed by atoms with Gasteiger partial charge in [-0.25, -0.2) is 4.98 Å². The molecule has 1 aliphatic rings. The molecule has 0 radical (unpaired) electrons. The van der Waals surface area contributed by atoms with E-state index in [1.54, 1.807) is 6.20 Å². The number of likely N-dealkylation sites (N-methyl/N-ethyl adjacent to an activating group) is 1. The zero-order chi connectivity index (χ0) is 16.1. The summed E-state index contributed by atoms with van der Waals surface area (Å²) in [4.78, 5) is 13.7. The Balaban J connectivity index is 1.87. The minimum atomic E-state index is 0.725. The third-order valence-electron chi connectivity index (χ3n) is 4.06. The van der Waals surface area contributed by atoms with Crippen molar-refractivity contribution in [2.45, 2.75) is 6.92 Å². The lowest BCUT2D eigenvalue weighted by molar-refractivity contribution is 0.215. The maximum Gasteiger partial charge on any atom is 0.205 e. The SMILES string of the molecule is Cc1ccccc1N/C(=N/c1ccccn1)N1CCN(C)CC1. The molecule has 1 aromatic carbocycles. The van der Waals surface area contributed by atoms with E-state index in [0.29, 0.717) is 0 Å². The van der Waals surface area contributed by atoms with Crippen LogP contribution in [0.1, 0.15) is 5.56 Å². The van der Waals surface area contributed by atoms with Crippen LogP contribution in [0.5, 0.6) is 0 Å². The van der Waals surface area contributed by atoms with Crippen molar-refractivity contribution in [3.05, 3.63) is 54.2 Å². The summed E-state index contributed by atoms with van der Waals surface area (Å²) in [5.74, 6) is 1.59. The van der Waals surface area contributed by atoms with Crippen LogP contribution in [0.3, 0.4) is 0 Å². The molecule has 1 aliphatic heterocycles. The molecule has 1 saturated heterocycles. The number of anilines is 1. The maximum absolute atomic E-state index is 4.75. The molecular formula is C18H23N5. The molecule has 0 unspecified atom stereocenters.